The van der Waals surface area contributed by atoms with Crippen molar-refractivity contribution >= 4 is 11.6 Å². The van der Waals surface area contributed by atoms with Gasteiger partial charge >= 0.3 is 0 Å². The monoisotopic (exact) mass is 249 g/mol. The molecule has 3 N–H and O–H groups in total. The Kier molecular flexibility index (Phi) is 5.82. The van der Waals surface area contributed by atoms with Gasteiger partial charge in [-0.2, -0.15) is 0 Å². The van der Waals surface area contributed by atoms with E-state index in [-0.39, 0.29) is 5.91 Å². The van der Waals surface area contributed by atoms with Gasteiger partial charge in [0, 0.05) is 18.8 Å². The number of hydrogen-bond donors (Lipinski definition) is 2. The second-order valence-corrected chi connectivity index (χ2v) is 4.54. The Bertz CT molecular complexity index is 404. The molecule has 0 radical (unpaired) electrons. The number of nitrogens with two attached hydrogens (primary N) is 1. The Hall–Kier alpha value is -1.39. The lowest BCUT2D eigenvalue weighted by molar-refractivity contribution is -0.117. The molecule has 0 saturated carbocycles. The van der Waals surface area contributed by atoms with E-state index >= 15 is 0 Å². The van der Waals surface area contributed by atoms with E-state index in [1.807, 2.05) is 37.1 Å². The van der Waals surface area contributed by atoms with Crippen LogP contribution in [0.1, 0.15) is 18.1 Å². The molecule has 0 unspecified atom stereocenters. The number of nitrogens with zero attached hydrogens (tertiary/aromatic N) is 1. The Morgan fingerprint density at radius 1 is 1.44 bits per heavy atom. The number of benzene rings is 1. The summed E-state index contributed by atoms with van der Waals surface area (Å²) < 4.78 is 0. The van der Waals surface area contributed by atoms with Gasteiger partial charge in [0.25, 0.3) is 0 Å². The van der Waals surface area contributed by atoms with E-state index in [9.17, 15) is 4.79 Å². The third-order valence-corrected chi connectivity index (χ3v) is 2.93. The van der Waals surface area contributed by atoms with Crippen LogP contribution in [0.25, 0.3) is 0 Å². The third-order valence-electron chi connectivity index (χ3n) is 2.93. The topological polar surface area (TPSA) is 58.4 Å². The molecule has 0 bridgehead atoms. The number of carbonyl (C=O) groups is 1. The van der Waals surface area contributed by atoms with Crippen LogP contribution in [0.4, 0.5) is 5.69 Å². The molecular formula is C14H23N3O. The highest BCUT2D eigenvalue weighted by atomic mass is 16.2. The Labute approximate surface area is 109 Å². The van der Waals surface area contributed by atoms with Gasteiger partial charge in [-0.15, -0.1) is 0 Å². The van der Waals surface area contributed by atoms with Gasteiger partial charge < -0.3 is 11.1 Å². The Morgan fingerprint density at radius 2 is 2.17 bits per heavy atom. The fourth-order valence-corrected chi connectivity index (χ4v) is 1.93. The number of anilines is 1. The molecular weight excluding hydrogens is 226 g/mol. The maximum atomic E-state index is 11.9. The zero-order valence-corrected chi connectivity index (χ0v) is 11.5. The van der Waals surface area contributed by atoms with Gasteiger partial charge in [-0.25, -0.2) is 0 Å². The zero-order chi connectivity index (χ0) is 13.5. The molecule has 0 saturated heterocycles. The van der Waals surface area contributed by atoms with E-state index < -0.39 is 0 Å². The molecule has 0 fully saturated rings. The zero-order valence-electron chi connectivity index (χ0n) is 11.5. The van der Waals surface area contributed by atoms with Gasteiger partial charge in [-0.1, -0.05) is 25.1 Å². The van der Waals surface area contributed by atoms with Crippen LogP contribution < -0.4 is 11.1 Å². The Morgan fingerprint density at radius 3 is 2.78 bits per heavy atom. The SMILES string of the molecule is CCc1cccc(C)c1NC(=O)CN(C)CCN. The van der Waals surface area contributed by atoms with Crippen LogP contribution in [0.3, 0.4) is 0 Å². The molecule has 18 heavy (non-hydrogen) atoms. The van der Waals surface area contributed by atoms with Gasteiger partial charge in [0.2, 0.25) is 5.91 Å². The molecule has 0 aliphatic carbocycles. The summed E-state index contributed by atoms with van der Waals surface area (Å²) in [5, 5.41) is 3.00. The smallest absolute Gasteiger partial charge is 0.238 e. The third kappa shape index (κ3) is 4.13. The van der Waals surface area contributed by atoms with Crippen molar-refractivity contribution in [2.75, 3.05) is 32.0 Å². The van der Waals surface area contributed by atoms with Crippen LogP contribution in [0.5, 0.6) is 0 Å². The minimum Gasteiger partial charge on any atom is -0.329 e. The fraction of sp³-hybridized carbons (Fsp3) is 0.500. The molecule has 0 aromatic heterocycles. The van der Waals surface area contributed by atoms with Crippen LogP contribution in [0, 0.1) is 6.92 Å². The molecule has 4 heteroatoms. The van der Waals surface area contributed by atoms with E-state index in [1.54, 1.807) is 0 Å². The predicted molar refractivity (Wildman–Crippen MR) is 75.7 cm³/mol. The van der Waals surface area contributed by atoms with Crippen molar-refractivity contribution in [3.05, 3.63) is 29.3 Å². The summed E-state index contributed by atoms with van der Waals surface area (Å²) in [7, 11) is 1.89. The lowest BCUT2D eigenvalue weighted by Gasteiger charge is -2.17. The van der Waals surface area contributed by atoms with Crippen LogP contribution in [-0.4, -0.2) is 37.5 Å². The van der Waals surface area contributed by atoms with Crippen LogP contribution in [0.15, 0.2) is 18.2 Å². The van der Waals surface area contributed by atoms with Crippen molar-refractivity contribution in [3.8, 4) is 0 Å². The summed E-state index contributed by atoms with van der Waals surface area (Å²) in [5.41, 5.74) is 8.68. The van der Waals surface area contributed by atoms with Crippen molar-refractivity contribution in [1.82, 2.24) is 4.90 Å². The molecule has 4 nitrogen and oxygen atoms in total. The standard InChI is InChI=1S/C14H23N3O/c1-4-12-7-5-6-11(2)14(12)16-13(18)10-17(3)9-8-15/h5-7H,4,8-10,15H2,1-3H3,(H,16,18). The van der Waals surface area contributed by atoms with Gasteiger partial charge in [-0.05, 0) is 31.5 Å². The molecule has 0 spiro atoms. The molecule has 1 rings (SSSR count). The summed E-state index contributed by atoms with van der Waals surface area (Å²) in [5.74, 6) is 0.00921. The maximum absolute atomic E-state index is 11.9. The quantitative estimate of drug-likeness (QED) is 0.801. The second-order valence-electron chi connectivity index (χ2n) is 4.54. The van der Waals surface area contributed by atoms with E-state index in [0.29, 0.717) is 13.1 Å². The van der Waals surface area contributed by atoms with E-state index in [1.165, 1.54) is 5.56 Å². The minimum atomic E-state index is 0.00921. The van der Waals surface area contributed by atoms with Crippen molar-refractivity contribution in [3.63, 3.8) is 0 Å². The Balaban J connectivity index is 2.69. The lowest BCUT2D eigenvalue weighted by Crippen LogP contribution is -2.33. The summed E-state index contributed by atoms with van der Waals surface area (Å²) in [6, 6.07) is 6.08. The fourth-order valence-electron chi connectivity index (χ4n) is 1.93. The average Bonchev–Trinajstić information content (AvgIpc) is 2.31. The first kappa shape index (κ1) is 14.7. The number of aryl methyl sites for hydroxylation is 2. The van der Waals surface area contributed by atoms with Crippen molar-refractivity contribution in [2.24, 2.45) is 5.73 Å². The molecule has 0 aliphatic heterocycles. The van der Waals surface area contributed by atoms with E-state index in [4.69, 9.17) is 5.73 Å². The van der Waals surface area contributed by atoms with Crippen LogP contribution >= 0.6 is 0 Å². The highest BCUT2D eigenvalue weighted by Crippen LogP contribution is 2.20. The number of hydrogen-bond acceptors (Lipinski definition) is 3. The van der Waals surface area contributed by atoms with E-state index in [0.717, 1.165) is 24.2 Å². The normalized spacial score (nSPS) is 10.7. The summed E-state index contributed by atoms with van der Waals surface area (Å²) >= 11 is 0. The lowest BCUT2D eigenvalue weighted by atomic mass is 10.1. The van der Waals surface area contributed by atoms with Crippen LogP contribution in [0.2, 0.25) is 0 Å². The highest BCUT2D eigenvalue weighted by Gasteiger charge is 2.10. The van der Waals surface area contributed by atoms with Gasteiger partial charge in [0.1, 0.15) is 0 Å². The van der Waals surface area contributed by atoms with Crippen molar-refractivity contribution < 1.29 is 4.79 Å². The summed E-state index contributed by atoms with van der Waals surface area (Å²) in [6.07, 6.45) is 0.913. The summed E-state index contributed by atoms with van der Waals surface area (Å²) in [6.45, 7) is 5.76. The molecule has 1 aromatic rings. The highest BCUT2D eigenvalue weighted by molar-refractivity contribution is 5.93. The van der Waals surface area contributed by atoms with Gasteiger partial charge in [0.05, 0.1) is 6.54 Å². The average molecular weight is 249 g/mol. The molecule has 0 aliphatic rings. The molecule has 0 atom stereocenters. The first-order valence-electron chi connectivity index (χ1n) is 6.35. The van der Waals surface area contributed by atoms with E-state index in [2.05, 4.69) is 12.2 Å². The molecule has 100 valence electrons. The largest absolute Gasteiger partial charge is 0.329 e. The number of para-hydroxylation sites is 1. The number of nitrogens with one attached hydrogen (secondary N) is 1. The number of rotatable bonds is 6. The maximum Gasteiger partial charge on any atom is 0.238 e. The first-order chi connectivity index (χ1) is 8.58. The number of likely N-dealkylation sites (N-methyl/N-ethyl adjacent to an activating group) is 1. The first-order valence-corrected chi connectivity index (χ1v) is 6.35. The van der Waals surface area contributed by atoms with Gasteiger partial charge in [-0.3, -0.25) is 9.69 Å². The molecule has 1 amide bonds. The van der Waals surface area contributed by atoms with Crippen molar-refractivity contribution in [2.45, 2.75) is 20.3 Å². The van der Waals surface area contributed by atoms with Crippen LogP contribution in [-0.2, 0) is 11.2 Å². The minimum absolute atomic E-state index is 0.00921. The van der Waals surface area contributed by atoms with Crippen molar-refractivity contribution in [1.29, 1.82) is 0 Å². The van der Waals surface area contributed by atoms with Gasteiger partial charge in [0.15, 0.2) is 0 Å². The second kappa shape index (κ2) is 7.13. The summed E-state index contributed by atoms with van der Waals surface area (Å²) in [4.78, 5) is 13.8. The number of amides is 1. The molecule has 1 aromatic carbocycles. The molecule has 0 heterocycles. The number of carbonyl (C=O) groups excluding carboxylic acids is 1. The predicted octanol–water partition coefficient (Wildman–Crippen LogP) is 1.39.